The van der Waals surface area contributed by atoms with E-state index in [1.807, 2.05) is 18.0 Å². The summed E-state index contributed by atoms with van der Waals surface area (Å²) in [5, 5.41) is 8.84. The molecule has 82 valence electrons. The summed E-state index contributed by atoms with van der Waals surface area (Å²) in [4.78, 5) is 2.03. The van der Waals surface area contributed by atoms with E-state index in [2.05, 4.69) is 31.2 Å². The summed E-state index contributed by atoms with van der Waals surface area (Å²) < 4.78 is 0. The second-order valence-corrected chi connectivity index (χ2v) is 4.74. The van der Waals surface area contributed by atoms with Gasteiger partial charge in [-0.15, -0.1) is 12.4 Å². The fraction of sp³-hybridized carbons (Fsp3) is 0.364. The first-order valence-electron chi connectivity index (χ1n) is 4.73. The highest BCUT2D eigenvalue weighted by molar-refractivity contribution is 8.14. The largest absolute Gasteiger partial charge is 0.351 e. The van der Waals surface area contributed by atoms with Crippen molar-refractivity contribution in [3.63, 3.8) is 0 Å². The van der Waals surface area contributed by atoms with Gasteiger partial charge in [0.25, 0.3) is 0 Å². The van der Waals surface area contributed by atoms with Gasteiger partial charge in [-0.3, -0.25) is 5.41 Å². The van der Waals surface area contributed by atoms with Gasteiger partial charge < -0.3 is 4.90 Å². The van der Waals surface area contributed by atoms with Crippen LogP contribution in [0.4, 0.5) is 0 Å². The summed E-state index contributed by atoms with van der Waals surface area (Å²) in [6, 6.07) is 10.8. The Hall–Kier alpha value is -0.670. The van der Waals surface area contributed by atoms with E-state index in [0.717, 1.165) is 0 Å². The number of nitrogens with zero attached hydrogens (tertiary/aromatic N) is 1. The van der Waals surface area contributed by atoms with Crippen LogP contribution in [0.1, 0.15) is 17.7 Å². The number of thioether (sulfide) groups is 1. The van der Waals surface area contributed by atoms with E-state index < -0.39 is 0 Å². The molecule has 0 bridgehead atoms. The van der Waals surface area contributed by atoms with E-state index >= 15 is 0 Å². The smallest absolute Gasteiger partial charge is 0.157 e. The predicted octanol–water partition coefficient (Wildman–Crippen LogP) is 3.15. The molecule has 1 saturated heterocycles. The van der Waals surface area contributed by atoms with Crippen molar-refractivity contribution in [2.75, 3.05) is 7.05 Å². The summed E-state index contributed by atoms with van der Waals surface area (Å²) in [5.74, 6) is 0. The SMILES string of the molecule is CC1C(c2ccccc2)SC(=N)N1C.Cl. The van der Waals surface area contributed by atoms with Gasteiger partial charge in [-0.2, -0.15) is 0 Å². The summed E-state index contributed by atoms with van der Waals surface area (Å²) >= 11 is 1.64. The molecule has 2 rings (SSSR count). The number of amidine groups is 1. The van der Waals surface area contributed by atoms with Crippen molar-refractivity contribution in [1.82, 2.24) is 4.90 Å². The monoisotopic (exact) mass is 242 g/mol. The lowest BCUT2D eigenvalue weighted by molar-refractivity contribution is 0.402. The number of hydrogen-bond acceptors (Lipinski definition) is 2. The fourth-order valence-electron chi connectivity index (χ4n) is 1.68. The highest BCUT2D eigenvalue weighted by Gasteiger charge is 2.33. The molecule has 2 nitrogen and oxygen atoms in total. The van der Waals surface area contributed by atoms with E-state index in [4.69, 9.17) is 5.41 Å². The first-order valence-corrected chi connectivity index (χ1v) is 5.61. The Morgan fingerprint density at radius 2 is 1.87 bits per heavy atom. The molecular formula is C11H15ClN2S. The molecule has 0 amide bonds. The summed E-state index contributed by atoms with van der Waals surface area (Å²) in [6.07, 6.45) is 0. The quantitative estimate of drug-likeness (QED) is 0.819. The molecule has 1 aliphatic rings. The Kier molecular flexibility index (Phi) is 4.05. The molecule has 1 aromatic carbocycles. The molecular weight excluding hydrogens is 228 g/mol. The lowest BCUT2D eigenvalue weighted by Gasteiger charge is -2.19. The molecule has 4 heteroatoms. The molecule has 15 heavy (non-hydrogen) atoms. The third-order valence-corrected chi connectivity index (χ3v) is 4.17. The van der Waals surface area contributed by atoms with Crippen molar-refractivity contribution in [2.45, 2.75) is 18.2 Å². The minimum Gasteiger partial charge on any atom is -0.351 e. The third kappa shape index (κ3) is 2.29. The molecule has 1 aromatic rings. The van der Waals surface area contributed by atoms with Crippen LogP contribution < -0.4 is 0 Å². The first kappa shape index (κ1) is 12.4. The number of benzene rings is 1. The van der Waals surface area contributed by atoms with E-state index in [1.165, 1.54) is 5.56 Å². The lowest BCUT2D eigenvalue weighted by Crippen LogP contribution is -2.27. The van der Waals surface area contributed by atoms with Crippen LogP contribution in [0.15, 0.2) is 30.3 Å². The minimum atomic E-state index is 0. The zero-order chi connectivity index (χ0) is 10.1. The second kappa shape index (κ2) is 4.90. The Bertz CT molecular complexity index is 342. The van der Waals surface area contributed by atoms with Crippen LogP contribution >= 0.6 is 24.2 Å². The van der Waals surface area contributed by atoms with Crippen molar-refractivity contribution >= 4 is 29.3 Å². The van der Waals surface area contributed by atoms with Gasteiger partial charge in [0.15, 0.2) is 5.17 Å². The Morgan fingerprint density at radius 3 is 2.33 bits per heavy atom. The van der Waals surface area contributed by atoms with E-state index in [-0.39, 0.29) is 12.4 Å². The van der Waals surface area contributed by atoms with Crippen LogP contribution in [0.25, 0.3) is 0 Å². The first-order chi connectivity index (χ1) is 6.70. The van der Waals surface area contributed by atoms with Crippen LogP contribution in [-0.2, 0) is 0 Å². The maximum atomic E-state index is 7.75. The maximum Gasteiger partial charge on any atom is 0.157 e. The van der Waals surface area contributed by atoms with E-state index in [0.29, 0.717) is 16.5 Å². The van der Waals surface area contributed by atoms with Gasteiger partial charge in [0.2, 0.25) is 0 Å². The molecule has 0 saturated carbocycles. The summed E-state index contributed by atoms with van der Waals surface area (Å²) in [7, 11) is 1.99. The van der Waals surface area contributed by atoms with Crippen molar-refractivity contribution in [2.24, 2.45) is 0 Å². The molecule has 1 aliphatic heterocycles. The molecule has 1 N–H and O–H groups in total. The maximum absolute atomic E-state index is 7.75. The van der Waals surface area contributed by atoms with Gasteiger partial charge in [-0.1, -0.05) is 42.1 Å². The molecule has 1 fully saturated rings. The van der Waals surface area contributed by atoms with Crippen molar-refractivity contribution < 1.29 is 0 Å². The third-order valence-electron chi connectivity index (χ3n) is 2.74. The zero-order valence-corrected chi connectivity index (χ0v) is 10.4. The van der Waals surface area contributed by atoms with Crippen LogP contribution in [0.5, 0.6) is 0 Å². The molecule has 0 aromatic heterocycles. The van der Waals surface area contributed by atoms with Gasteiger partial charge in [0.05, 0.1) is 5.25 Å². The minimum absolute atomic E-state index is 0. The van der Waals surface area contributed by atoms with Crippen molar-refractivity contribution in [3.05, 3.63) is 35.9 Å². The number of nitrogens with one attached hydrogen (secondary N) is 1. The normalized spacial score (nSPS) is 25.2. The topological polar surface area (TPSA) is 27.1 Å². The van der Waals surface area contributed by atoms with Gasteiger partial charge in [-0.05, 0) is 12.5 Å². The molecule has 0 aliphatic carbocycles. The average molecular weight is 243 g/mol. The van der Waals surface area contributed by atoms with Crippen LogP contribution in [-0.4, -0.2) is 23.2 Å². The number of halogens is 1. The fourth-order valence-corrected chi connectivity index (χ4v) is 2.92. The Labute approximate surface area is 101 Å². The number of hydrogen-bond donors (Lipinski definition) is 1. The summed E-state index contributed by atoms with van der Waals surface area (Å²) in [6.45, 7) is 2.17. The molecule has 1 heterocycles. The zero-order valence-electron chi connectivity index (χ0n) is 8.81. The standard InChI is InChI=1S/C11H14N2S.ClH/c1-8-10(14-11(12)13(8)2)9-6-4-3-5-7-9;/h3-8,10,12H,1-2H3;1H. The van der Waals surface area contributed by atoms with Gasteiger partial charge in [-0.25, -0.2) is 0 Å². The van der Waals surface area contributed by atoms with Crippen LogP contribution in [0.2, 0.25) is 0 Å². The van der Waals surface area contributed by atoms with Gasteiger partial charge in [0.1, 0.15) is 0 Å². The molecule has 2 atom stereocenters. The number of rotatable bonds is 1. The summed E-state index contributed by atoms with van der Waals surface area (Å²) in [5.41, 5.74) is 1.32. The number of likely N-dealkylation sites (N-methyl/N-ethyl adjacent to an activating group) is 1. The molecule has 2 unspecified atom stereocenters. The van der Waals surface area contributed by atoms with Crippen LogP contribution in [0, 0.1) is 5.41 Å². The average Bonchev–Trinajstić information content (AvgIpc) is 2.47. The highest BCUT2D eigenvalue weighted by atomic mass is 35.5. The van der Waals surface area contributed by atoms with E-state index in [1.54, 1.807) is 11.8 Å². The molecule has 0 spiro atoms. The van der Waals surface area contributed by atoms with Crippen molar-refractivity contribution in [3.8, 4) is 0 Å². The Morgan fingerprint density at radius 1 is 1.27 bits per heavy atom. The van der Waals surface area contributed by atoms with Gasteiger partial charge >= 0.3 is 0 Å². The predicted molar refractivity (Wildman–Crippen MR) is 69.0 cm³/mol. The van der Waals surface area contributed by atoms with Crippen LogP contribution in [0.3, 0.4) is 0 Å². The second-order valence-electron chi connectivity index (χ2n) is 3.61. The molecule has 0 radical (unpaired) electrons. The van der Waals surface area contributed by atoms with E-state index in [9.17, 15) is 0 Å². The van der Waals surface area contributed by atoms with Crippen molar-refractivity contribution in [1.29, 1.82) is 5.41 Å². The lowest BCUT2D eigenvalue weighted by atomic mass is 10.1. The Balaban J connectivity index is 0.00000112. The van der Waals surface area contributed by atoms with Gasteiger partial charge in [0, 0.05) is 13.1 Å². The highest BCUT2D eigenvalue weighted by Crippen LogP contribution is 2.41.